The van der Waals surface area contributed by atoms with Crippen molar-refractivity contribution >= 4 is 29.7 Å². The summed E-state index contributed by atoms with van der Waals surface area (Å²) in [7, 11) is 0. The number of alkyl carbamates (subject to hydrolysis) is 1. The summed E-state index contributed by atoms with van der Waals surface area (Å²) in [5.74, 6) is -0.204. The smallest absolute Gasteiger partial charge is 0.407 e. The number of hydrogen-bond acceptors (Lipinski definition) is 5. The van der Waals surface area contributed by atoms with E-state index in [1.165, 1.54) is 0 Å². The molecule has 7 nitrogen and oxygen atoms in total. The summed E-state index contributed by atoms with van der Waals surface area (Å²) in [4.78, 5) is 36.1. The second-order valence-corrected chi connectivity index (χ2v) is 9.91. The first kappa shape index (κ1) is 26.6. The third-order valence-electron chi connectivity index (χ3n) is 6.35. The number of nitrogens with one attached hydrogen (secondary N) is 2. The summed E-state index contributed by atoms with van der Waals surface area (Å²) in [6.45, 7) is 2.59. The molecule has 0 aromatic heterocycles. The fourth-order valence-electron chi connectivity index (χ4n) is 4.37. The number of hydrogen-bond donors (Lipinski definition) is 3. The van der Waals surface area contributed by atoms with Gasteiger partial charge in [0.25, 0.3) is 0 Å². The van der Waals surface area contributed by atoms with E-state index in [2.05, 4.69) is 34.9 Å². The van der Waals surface area contributed by atoms with Crippen LogP contribution in [0.3, 0.4) is 0 Å². The molecule has 2 aromatic carbocycles. The third-order valence-corrected chi connectivity index (χ3v) is 6.99. The molecule has 2 amide bonds. The van der Waals surface area contributed by atoms with E-state index in [0.717, 1.165) is 28.0 Å². The van der Waals surface area contributed by atoms with Crippen LogP contribution in [0.1, 0.15) is 49.7 Å². The van der Waals surface area contributed by atoms with E-state index in [1.807, 2.05) is 37.4 Å². The molecule has 0 heterocycles. The molecule has 0 radical (unpaired) electrons. The zero-order valence-corrected chi connectivity index (χ0v) is 21.1. The molecule has 1 aliphatic carbocycles. The molecule has 0 aliphatic heterocycles. The van der Waals surface area contributed by atoms with Gasteiger partial charge in [-0.1, -0.05) is 55.5 Å². The molecular formula is C27H34N2O5S. The first-order valence-electron chi connectivity index (χ1n) is 12.0. The fourth-order valence-corrected chi connectivity index (χ4v) is 4.84. The zero-order valence-electron chi connectivity index (χ0n) is 20.3. The molecule has 3 N–H and O–H groups in total. The molecule has 3 rings (SSSR count). The van der Waals surface area contributed by atoms with Gasteiger partial charge in [-0.15, -0.1) is 0 Å². The average Bonchev–Trinajstić information content (AvgIpc) is 3.17. The van der Waals surface area contributed by atoms with Crippen molar-refractivity contribution in [2.75, 3.05) is 25.2 Å². The second kappa shape index (κ2) is 13.2. The van der Waals surface area contributed by atoms with Crippen LogP contribution in [-0.4, -0.2) is 54.3 Å². The molecule has 0 fully saturated rings. The number of carbonyl (C=O) groups excluding carboxylic acids is 2. The van der Waals surface area contributed by atoms with Gasteiger partial charge in [-0.3, -0.25) is 9.59 Å². The van der Waals surface area contributed by atoms with Crippen LogP contribution in [0.4, 0.5) is 4.79 Å². The van der Waals surface area contributed by atoms with Crippen LogP contribution in [0, 0.1) is 5.92 Å². The van der Waals surface area contributed by atoms with Crippen molar-refractivity contribution in [2.45, 2.75) is 44.6 Å². The van der Waals surface area contributed by atoms with E-state index in [4.69, 9.17) is 9.84 Å². The number of carbonyl (C=O) groups is 3. The minimum atomic E-state index is -0.815. The lowest BCUT2D eigenvalue weighted by atomic mass is 9.98. The van der Waals surface area contributed by atoms with E-state index >= 15 is 0 Å². The molecule has 0 spiro atoms. The van der Waals surface area contributed by atoms with Crippen molar-refractivity contribution in [2.24, 2.45) is 5.92 Å². The van der Waals surface area contributed by atoms with E-state index < -0.39 is 18.1 Å². The number of ether oxygens (including phenoxy) is 1. The number of carboxylic acid groups (broad SMARTS) is 1. The summed E-state index contributed by atoms with van der Waals surface area (Å²) in [6.07, 6.45) is 3.20. The summed E-state index contributed by atoms with van der Waals surface area (Å²) in [5, 5.41) is 14.4. The number of amides is 2. The Kier molecular flexibility index (Phi) is 10.0. The number of aliphatic carboxylic acids is 1. The maximum absolute atomic E-state index is 12.7. The lowest BCUT2D eigenvalue weighted by Crippen LogP contribution is -2.47. The van der Waals surface area contributed by atoms with Crippen LogP contribution in [0.5, 0.6) is 0 Å². The number of fused-ring (bicyclic) bond motifs is 3. The van der Waals surface area contributed by atoms with Gasteiger partial charge in [0.05, 0.1) is 0 Å². The fraction of sp³-hybridized carbons (Fsp3) is 0.444. The Morgan fingerprint density at radius 2 is 1.63 bits per heavy atom. The largest absolute Gasteiger partial charge is 0.481 e. The van der Waals surface area contributed by atoms with Crippen LogP contribution in [-0.2, 0) is 14.3 Å². The van der Waals surface area contributed by atoms with Gasteiger partial charge in [0.2, 0.25) is 5.91 Å². The number of carboxylic acids is 1. The SMILES string of the molecule is CSCC[C@H](NC(=O)OCC1c2ccccc2-c2ccccc21)C(=O)NCCC(C)CCC(=O)O. The molecule has 35 heavy (non-hydrogen) atoms. The van der Waals surface area contributed by atoms with Crippen LogP contribution >= 0.6 is 11.8 Å². The van der Waals surface area contributed by atoms with Gasteiger partial charge in [-0.25, -0.2) is 4.79 Å². The number of thioether (sulfide) groups is 1. The summed E-state index contributed by atoms with van der Waals surface area (Å²) < 4.78 is 5.60. The molecule has 2 aromatic rings. The lowest BCUT2D eigenvalue weighted by Gasteiger charge is -2.20. The standard InChI is InChI=1S/C27H34N2O5S/c1-18(11-12-25(30)31)13-15-28-26(32)24(14-16-35-2)29-27(33)34-17-23-21-9-5-3-7-19(21)20-8-4-6-10-22(20)23/h3-10,18,23-24H,11-17H2,1-2H3,(H,28,32)(H,29,33)(H,30,31)/t18?,24-/m0/s1. The highest BCUT2D eigenvalue weighted by Gasteiger charge is 2.29. The Hall–Kier alpha value is -3.00. The van der Waals surface area contributed by atoms with E-state index in [0.29, 0.717) is 25.8 Å². The molecule has 1 aliphatic rings. The van der Waals surface area contributed by atoms with Gasteiger partial charge in [-0.05, 0) is 59.4 Å². The highest BCUT2D eigenvalue weighted by atomic mass is 32.2. The van der Waals surface area contributed by atoms with Gasteiger partial charge < -0.3 is 20.5 Å². The van der Waals surface area contributed by atoms with Crippen LogP contribution < -0.4 is 10.6 Å². The van der Waals surface area contributed by atoms with Gasteiger partial charge >= 0.3 is 12.1 Å². The molecule has 1 unspecified atom stereocenters. The minimum absolute atomic E-state index is 0.0427. The van der Waals surface area contributed by atoms with Crippen molar-refractivity contribution in [3.63, 3.8) is 0 Å². The topological polar surface area (TPSA) is 105 Å². The summed E-state index contributed by atoms with van der Waals surface area (Å²) in [6, 6.07) is 15.6. The van der Waals surface area contributed by atoms with E-state index in [9.17, 15) is 14.4 Å². The van der Waals surface area contributed by atoms with Crippen molar-refractivity contribution < 1.29 is 24.2 Å². The lowest BCUT2D eigenvalue weighted by molar-refractivity contribution is -0.137. The maximum atomic E-state index is 12.7. The highest BCUT2D eigenvalue weighted by Crippen LogP contribution is 2.44. The molecule has 0 saturated carbocycles. The molecule has 0 bridgehead atoms. The van der Waals surface area contributed by atoms with Gasteiger partial charge in [0.15, 0.2) is 0 Å². The molecule has 8 heteroatoms. The van der Waals surface area contributed by atoms with Crippen LogP contribution in [0.15, 0.2) is 48.5 Å². The van der Waals surface area contributed by atoms with Crippen molar-refractivity contribution in [3.8, 4) is 11.1 Å². The number of benzene rings is 2. The van der Waals surface area contributed by atoms with Gasteiger partial charge in [0, 0.05) is 18.9 Å². The Labute approximate surface area is 211 Å². The molecular weight excluding hydrogens is 464 g/mol. The maximum Gasteiger partial charge on any atom is 0.407 e. The normalized spacial score (nSPS) is 13.9. The predicted octanol–water partition coefficient (Wildman–Crippen LogP) is 4.65. The van der Waals surface area contributed by atoms with E-state index in [-0.39, 0.29) is 30.8 Å². The summed E-state index contributed by atoms with van der Waals surface area (Å²) in [5.41, 5.74) is 4.59. The van der Waals surface area contributed by atoms with Gasteiger partial charge in [-0.2, -0.15) is 11.8 Å². The Bertz CT molecular complexity index is 983. The van der Waals surface area contributed by atoms with Gasteiger partial charge in [0.1, 0.15) is 12.6 Å². The Balaban J connectivity index is 1.53. The molecule has 0 saturated heterocycles. The predicted molar refractivity (Wildman–Crippen MR) is 139 cm³/mol. The van der Waals surface area contributed by atoms with Crippen molar-refractivity contribution in [1.82, 2.24) is 10.6 Å². The van der Waals surface area contributed by atoms with Crippen molar-refractivity contribution in [1.29, 1.82) is 0 Å². The third kappa shape index (κ3) is 7.49. The second-order valence-electron chi connectivity index (χ2n) is 8.92. The minimum Gasteiger partial charge on any atom is -0.481 e. The van der Waals surface area contributed by atoms with Crippen molar-refractivity contribution in [3.05, 3.63) is 59.7 Å². The molecule has 188 valence electrons. The molecule has 2 atom stereocenters. The first-order valence-corrected chi connectivity index (χ1v) is 13.4. The monoisotopic (exact) mass is 498 g/mol. The Morgan fingerprint density at radius 1 is 1.00 bits per heavy atom. The summed E-state index contributed by atoms with van der Waals surface area (Å²) >= 11 is 1.60. The number of rotatable bonds is 13. The van der Waals surface area contributed by atoms with Crippen LogP contribution in [0.2, 0.25) is 0 Å². The van der Waals surface area contributed by atoms with E-state index in [1.54, 1.807) is 11.8 Å². The quantitative estimate of drug-likeness (QED) is 0.371. The van der Waals surface area contributed by atoms with Crippen LogP contribution in [0.25, 0.3) is 11.1 Å². The zero-order chi connectivity index (χ0) is 25.2. The first-order chi connectivity index (χ1) is 16.9. The average molecular weight is 499 g/mol. The Morgan fingerprint density at radius 3 is 2.23 bits per heavy atom. The highest BCUT2D eigenvalue weighted by molar-refractivity contribution is 7.98.